The van der Waals surface area contributed by atoms with Gasteiger partial charge in [-0.05, 0) is 43.3 Å². The normalized spacial score (nSPS) is 14.6. The summed E-state index contributed by atoms with van der Waals surface area (Å²) >= 11 is 6.43. The molecule has 2 aromatic heterocycles. The van der Waals surface area contributed by atoms with Crippen LogP contribution in [0.2, 0.25) is 5.02 Å². The fraction of sp³-hybridized carbons (Fsp3) is 0.154. The molecule has 0 spiro atoms. The van der Waals surface area contributed by atoms with E-state index < -0.39 is 6.04 Å². The lowest BCUT2D eigenvalue weighted by Crippen LogP contribution is -2.32. The lowest BCUT2D eigenvalue weighted by molar-refractivity contribution is -0.113. The van der Waals surface area contributed by atoms with Crippen molar-refractivity contribution in [2.45, 2.75) is 13.0 Å². The van der Waals surface area contributed by atoms with E-state index in [4.69, 9.17) is 26.2 Å². The van der Waals surface area contributed by atoms with Gasteiger partial charge in [-0.15, -0.1) is 5.10 Å². The van der Waals surface area contributed by atoms with Crippen molar-refractivity contribution >= 4 is 29.3 Å². The predicted octanol–water partition coefficient (Wildman–Crippen LogP) is 4.94. The van der Waals surface area contributed by atoms with E-state index in [2.05, 4.69) is 20.6 Å². The Balaban J connectivity index is 1.67. The van der Waals surface area contributed by atoms with Gasteiger partial charge < -0.3 is 20.1 Å². The number of carbonyl (C=O) groups excluding carboxylic acids is 1. The summed E-state index contributed by atoms with van der Waals surface area (Å²) in [6.45, 7) is 1.82. The van der Waals surface area contributed by atoms with Crippen LogP contribution in [0.25, 0.3) is 11.4 Å². The first-order valence-corrected chi connectivity index (χ1v) is 11.5. The number of anilines is 2. The number of fused-ring (bicyclic) bond motifs is 1. The summed E-state index contributed by atoms with van der Waals surface area (Å²) in [5.74, 6) is 2.17. The number of carbonyl (C=O) groups is 1. The number of hydrogen-bond donors (Lipinski definition) is 2. The Hall–Kier alpha value is -4.37. The van der Waals surface area contributed by atoms with Crippen molar-refractivity contribution in [1.29, 1.82) is 0 Å². The summed E-state index contributed by atoms with van der Waals surface area (Å²) in [7, 11) is 3.15. The van der Waals surface area contributed by atoms with E-state index in [9.17, 15) is 4.79 Å². The number of aromatic nitrogens is 4. The fourth-order valence-corrected chi connectivity index (χ4v) is 4.37. The number of hydrogen-bond acceptors (Lipinski definition) is 7. The number of pyridine rings is 1. The average Bonchev–Trinajstić information content (AvgIpc) is 3.31. The molecule has 5 rings (SSSR count). The maximum atomic E-state index is 13.6. The standard InChI is InChI=1S/C26H23ClN6O3/c1-15-22(25(34)30-21-10-6-7-13-28-21)23(18-12-11-16(35-2)14-20(18)36-3)33-26(29-15)31-24(32-33)17-8-4-5-9-19(17)27/h4-14,23H,1-3H3,(H,28,30,34)(H,29,31,32). The molecule has 4 aromatic rings. The first-order valence-electron chi connectivity index (χ1n) is 11.1. The van der Waals surface area contributed by atoms with Gasteiger partial charge in [0.25, 0.3) is 5.91 Å². The van der Waals surface area contributed by atoms with Crippen molar-refractivity contribution in [1.82, 2.24) is 19.7 Å². The van der Waals surface area contributed by atoms with Crippen LogP contribution in [0, 0.1) is 0 Å². The highest BCUT2D eigenvalue weighted by Crippen LogP contribution is 2.41. The molecule has 1 atom stereocenters. The smallest absolute Gasteiger partial charge is 0.257 e. The maximum Gasteiger partial charge on any atom is 0.257 e. The highest BCUT2D eigenvalue weighted by atomic mass is 35.5. The van der Waals surface area contributed by atoms with Gasteiger partial charge in [-0.3, -0.25) is 4.79 Å². The Morgan fingerprint density at radius 2 is 1.89 bits per heavy atom. The van der Waals surface area contributed by atoms with Crippen LogP contribution in [0.3, 0.4) is 0 Å². The van der Waals surface area contributed by atoms with Crippen LogP contribution >= 0.6 is 11.6 Å². The molecule has 2 aromatic carbocycles. The second-order valence-electron chi connectivity index (χ2n) is 8.03. The molecule has 0 fully saturated rings. The van der Waals surface area contributed by atoms with Crippen molar-refractivity contribution in [3.05, 3.63) is 88.7 Å². The third-order valence-electron chi connectivity index (χ3n) is 5.85. The molecule has 0 aliphatic carbocycles. The lowest BCUT2D eigenvalue weighted by Gasteiger charge is -2.29. The molecule has 0 saturated heterocycles. The van der Waals surface area contributed by atoms with Crippen molar-refractivity contribution in [3.63, 3.8) is 0 Å². The number of allylic oxidation sites excluding steroid dienone is 1. The zero-order valence-corrected chi connectivity index (χ0v) is 20.6. The molecule has 1 aliphatic rings. The molecule has 0 radical (unpaired) electrons. The fourth-order valence-electron chi connectivity index (χ4n) is 4.15. The SMILES string of the molecule is COc1ccc(C2C(C(=O)Nc3ccccn3)=C(C)Nc3nc(-c4ccccc4Cl)nn32)c(OC)c1. The number of nitrogens with one attached hydrogen (secondary N) is 2. The third-order valence-corrected chi connectivity index (χ3v) is 6.18. The van der Waals surface area contributed by atoms with E-state index in [1.807, 2.05) is 37.3 Å². The first-order chi connectivity index (χ1) is 17.5. The summed E-state index contributed by atoms with van der Waals surface area (Å²) in [4.78, 5) is 22.5. The molecule has 182 valence electrons. The molecule has 36 heavy (non-hydrogen) atoms. The minimum atomic E-state index is -0.658. The van der Waals surface area contributed by atoms with E-state index in [-0.39, 0.29) is 5.91 Å². The van der Waals surface area contributed by atoms with Crippen LogP contribution in [-0.2, 0) is 4.79 Å². The lowest BCUT2D eigenvalue weighted by atomic mass is 9.94. The van der Waals surface area contributed by atoms with E-state index in [1.54, 1.807) is 55.4 Å². The van der Waals surface area contributed by atoms with E-state index in [1.165, 1.54) is 0 Å². The Morgan fingerprint density at radius 3 is 2.61 bits per heavy atom. The van der Waals surface area contributed by atoms with Crippen LogP contribution in [-0.4, -0.2) is 39.9 Å². The Kier molecular flexibility index (Phi) is 6.30. The quantitative estimate of drug-likeness (QED) is 0.385. The monoisotopic (exact) mass is 502 g/mol. The summed E-state index contributed by atoms with van der Waals surface area (Å²) < 4.78 is 12.7. The number of nitrogens with zero attached hydrogens (tertiary/aromatic N) is 4. The number of rotatable bonds is 6. The van der Waals surface area contributed by atoms with Crippen LogP contribution in [0.4, 0.5) is 11.8 Å². The maximum absolute atomic E-state index is 13.6. The number of benzene rings is 2. The van der Waals surface area contributed by atoms with Crippen molar-refractivity contribution in [2.75, 3.05) is 24.9 Å². The zero-order chi connectivity index (χ0) is 25.2. The average molecular weight is 503 g/mol. The van der Waals surface area contributed by atoms with Crippen LogP contribution in [0.15, 0.2) is 78.1 Å². The number of ether oxygens (including phenoxy) is 2. The molecule has 2 N–H and O–H groups in total. The second kappa shape index (κ2) is 9.71. The van der Waals surface area contributed by atoms with Crippen molar-refractivity contribution < 1.29 is 14.3 Å². The summed E-state index contributed by atoms with van der Waals surface area (Å²) in [5.41, 5.74) is 2.45. The zero-order valence-electron chi connectivity index (χ0n) is 19.8. The molecule has 10 heteroatoms. The van der Waals surface area contributed by atoms with Crippen molar-refractivity contribution in [3.8, 4) is 22.9 Å². The second-order valence-corrected chi connectivity index (χ2v) is 8.43. The molecule has 1 aliphatic heterocycles. The van der Waals surface area contributed by atoms with Gasteiger partial charge in [-0.25, -0.2) is 9.67 Å². The van der Waals surface area contributed by atoms with Crippen LogP contribution in [0.5, 0.6) is 11.5 Å². The molecule has 1 amide bonds. The van der Waals surface area contributed by atoms with Crippen molar-refractivity contribution in [2.24, 2.45) is 0 Å². The van der Waals surface area contributed by atoms with E-state index in [0.29, 0.717) is 56.5 Å². The summed E-state index contributed by atoms with van der Waals surface area (Å²) in [6.07, 6.45) is 1.62. The van der Waals surface area contributed by atoms with Gasteiger partial charge in [0.2, 0.25) is 5.95 Å². The minimum absolute atomic E-state index is 0.331. The molecule has 0 saturated carbocycles. The number of amides is 1. The molecule has 1 unspecified atom stereocenters. The van der Waals surface area contributed by atoms with Gasteiger partial charge >= 0.3 is 0 Å². The summed E-state index contributed by atoms with van der Waals surface area (Å²) in [5, 5.41) is 11.4. The predicted molar refractivity (Wildman–Crippen MR) is 137 cm³/mol. The largest absolute Gasteiger partial charge is 0.497 e. The Morgan fingerprint density at radius 1 is 1.08 bits per heavy atom. The number of methoxy groups -OCH3 is 2. The van der Waals surface area contributed by atoms with E-state index >= 15 is 0 Å². The molecule has 0 bridgehead atoms. The van der Waals surface area contributed by atoms with Gasteiger partial charge in [0.1, 0.15) is 23.4 Å². The first kappa shape index (κ1) is 23.4. The highest BCUT2D eigenvalue weighted by molar-refractivity contribution is 6.33. The van der Waals surface area contributed by atoms with Gasteiger partial charge in [-0.1, -0.05) is 29.8 Å². The highest BCUT2D eigenvalue weighted by Gasteiger charge is 2.36. The van der Waals surface area contributed by atoms with Gasteiger partial charge in [0.15, 0.2) is 5.82 Å². The summed E-state index contributed by atoms with van der Waals surface area (Å²) in [6, 6.07) is 17.4. The number of halogens is 1. The third kappa shape index (κ3) is 4.25. The van der Waals surface area contributed by atoms with Gasteiger partial charge in [0.05, 0.1) is 24.8 Å². The van der Waals surface area contributed by atoms with Crippen LogP contribution in [0.1, 0.15) is 18.5 Å². The molecule has 3 heterocycles. The van der Waals surface area contributed by atoms with Gasteiger partial charge in [-0.2, -0.15) is 4.98 Å². The molecule has 9 nitrogen and oxygen atoms in total. The minimum Gasteiger partial charge on any atom is -0.497 e. The topological polar surface area (TPSA) is 103 Å². The van der Waals surface area contributed by atoms with E-state index in [0.717, 1.165) is 0 Å². The molecular weight excluding hydrogens is 480 g/mol. The molecular formula is C26H23ClN6O3. The Bertz CT molecular complexity index is 1470. The Labute approximate surface area is 212 Å². The van der Waals surface area contributed by atoms with Gasteiger partial charge in [0, 0.05) is 29.1 Å². The van der Waals surface area contributed by atoms with Crippen LogP contribution < -0.4 is 20.1 Å².